The van der Waals surface area contributed by atoms with E-state index in [1.807, 2.05) is 35.3 Å². The summed E-state index contributed by atoms with van der Waals surface area (Å²) in [4.78, 5) is 4.55. The molecule has 0 spiro atoms. The number of benzene rings is 1. The van der Waals surface area contributed by atoms with Crippen molar-refractivity contribution in [3.63, 3.8) is 0 Å². The van der Waals surface area contributed by atoms with Crippen molar-refractivity contribution in [1.29, 1.82) is 0 Å². The number of aliphatic hydroxyl groups is 1. The molecule has 2 aromatic rings. The van der Waals surface area contributed by atoms with Gasteiger partial charge in [0.2, 0.25) is 0 Å². The SMILES string of the molecule is OCCN1NC(C2CC2)=C(c2ccccn2)C1c1ccc(F)cc1. The number of aliphatic hydroxyl groups excluding tert-OH is 1. The molecule has 2 aliphatic rings. The van der Waals surface area contributed by atoms with Gasteiger partial charge in [0.1, 0.15) is 5.82 Å². The molecule has 5 heteroatoms. The molecule has 1 atom stereocenters. The molecule has 0 radical (unpaired) electrons. The summed E-state index contributed by atoms with van der Waals surface area (Å²) < 4.78 is 13.4. The van der Waals surface area contributed by atoms with Crippen LogP contribution in [0.5, 0.6) is 0 Å². The lowest BCUT2D eigenvalue weighted by Crippen LogP contribution is -2.37. The smallest absolute Gasteiger partial charge is 0.123 e. The van der Waals surface area contributed by atoms with Gasteiger partial charge in [-0.25, -0.2) is 9.40 Å². The van der Waals surface area contributed by atoms with E-state index >= 15 is 0 Å². The van der Waals surface area contributed by atoms with Crippen LogP contribution in [0.4, 0.5) is 4.39 Å². The predicted octanol–water partition coefficient (Wildman–Crippen LogP) is 2.90. The van der Waals surface area contributed by atoms with Crippen molar-refractivity contribution < 1.29 is 9.50 Å². The molecule has 1 unspecified atom stereocenters. The highest BCUT2D eigenvalue weighted by atomic mass is 19.1. The molecule has 1 aliphatic carbocycles. The Hall–Kier alpha value is -2.24. The Balaban J connectivity index is 1.82. The second-order valence-electron chi connectivity index (χ2n) is 6.30. The number of rotatable bonds is 5. The first-order valence-electron chi connectivity index (χ1n) is 8.33. The molecule has 4 nitrogen and oxygen atoms in total. The Kier molecular flexibility index (Phi) is 4.04. The Labute approximate surface area is 140 Å². The number of hydrogen-bond acceptors (Lipinski definition) is 4. The highest BCUT2D eigenvalue weighted by Gasteiger charge is 2.40. The summed E-state index contributed by atoms with van der Waals surface area (Å²) in [5.74, 6) is 0.276. The van der Waals surface area contributed by atoms with Gasteiger partial charge in [0.25, 0.3) is 0 Å². The zero-order valence-electron chi connectivity index (χ0n) is 13.3. The summed E-state index contributed by atoms with van der Waals surface area (Å²) in [6, 6.07) is 12.4. The largest absolute Gasteiger partial charge is 0.395 e. The van der Waals surface area contributed by atoms with Gasteiger partial charge in [-0.15, -0.1) is 0 Å². The third-order valence-corrected chi connectivity index (χ3v) is 4.59. The van der Waals surface area contributed by atoms with E-state index in [2.05, 4.69) is 10.4 Å². The fraction of sp³-hybridized carbons (Fsp3) is 0.316. The molecule has 0 saturated heterocycles. The van der Waals surface area contributed by atoms with E-state index < -0.39 is 0 Å². The number of halogens is 1. The number of nitrogens with one attached hydrogen (secondary N) is 1. The van der Waals surface area contributed by atoms with Gasteiger partial charge in [0.15, 0.2) is 0 Å². The minimum atomic E-state index is -0.246. The second kappa shape index (κ2) is 6.34. The Morgan fingerprint density at radius 2 is 1.96 bits per heavy atom. The van der Waals surface area contributed by atoms with Crippen LogP contribution in [0.2, 0.25) is 0 Å². The summed E-state index contributed by atoms with van der Waals surface area (Å²) in [6.45, 7) is 0.548. The van der Waals surface area contributed by atoms with Crippen molar-refractivity contribution in [2.24, 2.45) is 5.92 Å². The minimum absolute atomic E-state index is 0.0537. The van der Waals surface area contributed by atoms with E-state index in [4.69, 9.17) is 0 Å². The topological polar surface area (TPSA) is 48.4 Å². The van der Waals surface area contributed by atoms with E-state index in [0.29, 0.717) is 12.5 Å². The molecule has 1 aromatic heterocycles. The molecule has 2 N–H and O–H groups in total. The maximum atomic E-state index is 13.4. The molecule has 24 heavy (non-hydrogen) atoms. The van der Waals surface area contributed by atoms with Crippen LogP contribution in [0.3, 0.4) is 0 Å². The van der Waals surface area contributed by atoms with E-state index in [1.54, 1.807) is 6.20 Å². The van der Waals surface area contributed by atoms with Crippen LogP contribution in [0.1, 0.15) is 30.1 Å². The molecule has 1 saturated carbocycles. The Bertz CT molecular complexity index is 741. The first kappa shape index (κ1) is 15.3. The maximum Gasteiger partial charge on any atom is 0.123 e. The lowest BCUT2D eigenvalue weighted by atomic mass is 9.94. The summed E-state index contributed by atoms with van der Waals surface area (Å²) >= 11 is 0. The van der Waals surface area contributed by atoms with E-state index in [0.717, 1.165) is 16.8 Å². The molecule has 4 rings (SSSR count). The lowest BCUT2D eigenvalue weighted by molar-refractivity contribution is 0.147. The third-order valence-electron chi connectivity index (χ3n) is 4.59. The average Bonchev–Trinajstić information content (AvgIpc) is 3.39. The number of hydrazine groups is 1. The number of aromatic nitrogens is 1. The van der Waals surface area contributed by atoms with Gasteiger partial charge in [0, 0.05) is 29.9 Å². The van der Waals surface area contributed by atoms with Gasteiger partial charge >= 0.3 is 0 Å². The van der Waals surface area contributed by atoms with Crippen LogP contribution in [-0.4, -0.2) is 28.3 Å². The van der Waals surface area contributed by atoms with Crippen LogP contribution in [0.25, 0.3) is 5.57 Å². The van der Waals surface area contributed by atoms with Crippen LogP contribution >= 0.6 is 0 Å². The molecule has 1 aliphatic heterocycles. The van der Waals surface area contributed by atoms with Crippen molar-refractivity contribution in [1.82, 2.24) is 15.4 Å². The first-order valence-corrected chi connectivity index (χ1v) is 8.33. The van der Waals surface area contributed by atoms with E-state index in [-0.39, 0.29) is 18.5 Å². The zero-order valence-corrected chi connectivity index (χ0v) is 13.3. The summed E-state index contributed by atoms with van der Waals surface area (Å²) in [5.41, 5.74) is 7.74. The van der Waals surface area contributed by atoms with E-state index in [9.17, 15) is 9.50 Å². The van der Waals surface area contributed by atoms with Crippen LogP contribution in [0.15, 0.2) is 54.4 Å². The molecule has 1 aromatic carbocycles. The molecule has 2 heterocycles. The third kappa shape index (κ3) is 2.81. The van der Waals surface area contributed by atoms with Gasteiger partial charge in [-0.05, 0) is 42.7 Å². The standard InChI is InChI=1S/C19H20FN3O/c20-15-8-6-14(7-9-15)19-17(16-3-1-2-10-21-16)18(13-4-5-13)22-23(19)11-12-24/h1-3,6-10,13,19,22,24H,4-5,11-12H2. The van der Waals surface area contributed by atoms with Gasteiger partial charge in [0.05, 0.1) is 18.3 Å². The number of hydrogen-bond donors (Lipinski definition) is 2. The summed E-state index contributed by atoms with van der Waals surface area (Å²) in [6.07, 6.45) is 4.13. The maximum absolute atomic E-state index is 13.4. The van der Waals surface area contributed by atoms with Crippen molar-refractivity contribution in [3.8, 4) is 0 Å². The molecule has 124 valence electrons. The molecule has 0 amide bonds. The quantitative estimate of drug-likeness (QED) is 0.887. The van der Waals surface area contributed by atoms with Gasteiger partial charge in [-0.2, -0.15) is 0 Å². The van der Waals surface area contributed by atoms with Gasteiger partial charge < -0.3 is 10.5 Å². The van der Waals surface area contributed by atoms with Crippen molar-refractivity contribution in [2.45, 2.75) is 18.9 Å². The monoisotopic (exact) mass is 325 g/mol. The Morgan fingerprint density at radius 1 is 1.17 bits per heavy atom. The van der Waals surface area contributed by atoms with Crippen LogP contribution in [-0.2, 0) is 0 Å². The van der Waals surface area contributed by atoms with Crippen molar-refractivity contribution >= 4 is 5.57 Å². The normalized spacial score (nSPS) is 21.2. The lowest BCUT2D eigenvalue weighted by Gasteiger charge is -2.26. The molecule has 1 fully saturated rings. The van der Waals surface area contributed by atoms with Crippen LogP contribution in [0, 0.1) is 11.7 Å². The number of nitrogens with zero attached hydrogens (tertiary/aromatic N) is 2. The highest BCUT2D eigenvalue weighted by Crippen LogP contribution is 2.47. The zero-order chi connectivity index (χ0) is 16.5. The number of pyridine rings is 1. The number of β-amino-alcohol motifs (C(OH)–C–C–N with tert-alkyl or cyclic N) is 1. The minimum Gasteiger partial charge on any atom is -0.395 e. The van der Waals surface area contributed by atoms with Crippen molar-refractivity contribution in [3.05, 3.63) is 71.4 Å². The first-order chi connectivity index (χ1) is 11.8. The predicted molar refractivity (Wildman–Crippen MR) is 89.9 cm³/mol. The van der Waals surface area contributed by atoms with Crippen LogP contribution < -0.4 is 5.43 Å². The average molecular weight is 325 g/mol. The Morgan fingerprint density at radius 3 is 2.58 bits per heavy atom. The second-order valence-corrected chi connectivity index (χ2v) is 6.30. The molecule has 0 bridgehead atoms. The number of allylic oxidation sites excluding steroid dienone is 1. The fourth-order valence-electron chi connectivity index (χ4n) is 3.35. The highest BCUT2D eigenvalue weighted by molar-refractivity contribution is 5.74. The molecular formula is C19H20FN3O. The summed E-state index contributed by atoms with van der Waals surface area (Å²) in [7, 11) is 0. The fourth-order valence-corrected chi connectivity index (χ4v) is 3.35. The van der Waals surface area contributed by atoms with Gasteiger partial charge in [-0.3, -0.25) is 4.98 Å². The molecular weight excluding hydrogens is 305 g/mol. The van der Waals surface area contributed by atoms with Gasteiger partial charge in [-0.1, -0.05) is 18.2 Å². The van der Waals surface area contributed by atoms with E-state index in [1.165, 1.54) is 30.7 Å². The van der Waals surface area contributed by atoms with Crippen molar-refractivity contribution in [2.75, 3.05) is 13.2 Å². The summed E-state index contributed by atoms with van der Waals surface area (Å²) in [5, 5.41) is 11.5.